The van der Waals surface area contributed by atoms with Crippen molar-refractivity contribution in [1.82, 2.24) is 5.32 Å². The summed E-state index contributed by atoms with van der Waals surface area (Å²) in [5.41, 5.74) is 0.893. The monoisotopic (exact) mass is 295 g/mol. The molecule has 0 aliphatic heterocycles. The molecule has 4 heteroatoms. The second-order valence-corrected chi connectivity index (χ2v) is 8.05. The lowest BCUT2D eigenvalue weighted by atomic mass is 10.1. The van der Waals surface area contributed by atoms with E-state index in [4.69, 9.17) is 0 Å². The molecule has 112 valence electrons. The van der Waals surface area contributed by atoms with Gasteiger partial charge in [0, 0.05) is 6.04 Å². The van der Waals surface area contributed by atoms with Crippen LogP contribution in [-0.4, -0.2) is 26.3 Å². The van der Waals surface area contributed by atoms with E-state index in [0.29, 0.717) is 6.04 Å². The number of rotatable bonds is 6. The third-order valence-corrected chi connectivity index (χ3v) is 6.64. The lowest BCUT2D eigenvalue weighted by Gasteiger charge is -2.22. The van der Waals surface area contributed by atoms with Gasteiger partial charge in [-0.3, -0.25) is 0 Å². The third-order valence-electron chi connectivity index (χ3n) is 4.31. The second kappa shape index (κ2) is 6.72. The van der Waals surface area contributed by atoms with Crippen molar-refractivity contribution in [1.29, 1.82) is 0 Å². The smallest absolute Gasteiger partial charge is 0.157 e. The standard InChI is InChI=1S/C16H25NO2S/c1-3-11-17-15-9-10-16(13(15)2)20(18,19)12-14-7-5-4-6-8-14/h4-8,13,15-17H,3,9-12H2,1-2H3. The summed E-state index contributed by atoms with van der Waals surface area (Å²) in [6, 6.07) is 9.85. The highest BCUT2D eigenvalue weighted by Gasteiger charge is 2.40. The molecule has 1 fully saturated rings. The molecular weight excluding hydrogens is 270 g/mol. The lowest BCUT2D eigenvalue weighted by Crippen LogP contribution is -2.37. The summed E-state index contributed by atoms with van der Waals surface area (Å²) in [4.78, 5) is 0. The van der Waals surface area contributed by atoms with Gasteiger partial charge in [0.1, 0.15) is 0 Å². The molecule has 3 unspecified atom stereocenters. The minimum absolute atomic E-state index is 0.170. The van der Waals surface area contributed by atoms with Crippen LogP contribution in [0.4, 0.5) is 0 Å². The Balaban J connectivity index is 2.03. The average Bonchev–Trinajstić information content (AvgIpc) is 2.79. The molecule has 0 saturated heterocycles. The molecule has 3 atom stereocenters. The topological polar surface area (TPSA) is 46.2 Å². The summed E-state index contributed by atoms with van der Waals surface area (Å²) in [5, 5.41) is 3.29. The minimum Gasteiger partial charge on any atom is -0.314 e. The van der Waals surface area contributed by atoms with Gasteiger partial charge in [0.15, 0.2) is 9.84 Å². The molecule has 0 heterocycles. The third kappa shape index (κ3) is 3.61. The Bertz CT molecular complexity index is 513. The van der Waals surface area contributed by atoms with Crippen molar-refractivity contribution in [2.24, 2.45) is 5.92 Å². The van der Waals surface area contributed by atoms with E-state index in [0.717, 1.165) is 31.4 Å². The average molecular weight is 295 g/mol. The summed E-state index contributed by atoms with van der Waals surface area (Å²) in [7, 11) is -3.06. The zero-order chi connectivity index (χ0) is 14.6. The van der Waals surface area contributed by atoms with Crippen molar-refractivity contribution < 1.29 is 8.42 Å². The van der Waals surface area contributed by atoms with Gasteiger partial charge in [-0.2, -0.15) is 0 Å². The zero-order valence-corrected chi connectivity index (χ0v) is 13.2. The van der Waals surface area contributed by atoms with Crippen molar-refractivity contribution in [2.45, 2.75) is 50.2 Å². The van der Waals surface area contributed by atoms with Crippen molar-refractivity contribution in [3.8, 4) is 0 Å². The van der Waals surface area contributed by atoms with Crippen molar-refractivity contribution in [2.75, 3.05) is 6.54 Å². The van der Waals surface area contributed by atoms with Gasteiger partial charge in [-0.05, 0) is 37.3 Å². The molecular formula is C16H25NO2S. The van der Waals surface area contributed by atoms with Gasteiger partial charge in [0.05, 0.1) is 11.0 Å². The van der Waals surface area contributed by atoms with Gasteiger partial charge in [-0.25, -0.2) is 8.42 Å². The first-order valence-electron chi connectivity index (χ1n) is 7.53. The predicted molar refractivity (Wildman–Crippen MR) is 83.3 cm³/mol. The maximum absolute atomic E-state index is 12.6. The molecule has 1 aromatic carbocycles. The first-order valence-corrected chi connectivity index (χ1v) is 9.25. The molecule has 0 radical (unpaired) electrons. The van der Waals surface area contributed by atoms with E-state index in [1.54, 1.807) is 0 Å². The van der Waals surface area contributed by atoms with E-state index in [-0.39, 0.29) is 16.9 Å². The van der Waals surface area contributed by atoms with Gasteiger partial charge >= 0.3 is 0 Å². The normalized spacial score (nSPS) is 26.8. The minimum atomic E-state index is -3.06. The van der Waals surface area contributed by atoms with Crippen LogP contribution >= 0.6 is 0 Å². The molecule has 0 bridgehead atoms. The summed E-state index contributed by atoms with van der Waals surface area (Å²) < 4.78 is 25.2. The van der Waals surface area contributed by atoms with E-state index in [1.807, 2.05) is 30.3 Å². The van der Waals surface area contributed by atoms with Gasteiger partial charge in [0.2, 0.25) is 0 Å². The molecule has 0 spiro atoms. The summed E-state index contributed by atoms with van der Waals surface area (Å²) in [6.07, 6.45) is 2.85. The Morgan fingerprint density at radius 1 is 1.20 bits per heavy atom. The largest absolute Gasteiger partial charge is 0.314 e. The quantitative estimate of drug-likeness (QED) is 0.878. The maximum Gasteiger partial charge on any atom is 0.157 e. The number of nitrogens with one attached hydrogen (secondary N) is 1. The fourth-order valence-electron chi connectivity index (χ4n) is 3.17. The van der Waals surface area contributed by atoms with Gasteiger partial charge in [-0.15, -0.1) is 0 Å². The van der Waals surface area contributed by atoms with Crippen LogP contribution in [0.1, 0.15) is 38.7 Å². The van der Waals surface area contributed by atoms with Crippen LogP contribution in [0.2, 0.25) is 0 Å². The number of sulfone groups is 1. The number of hydrogen-bond donors (Lipinski definition) is 1. The fraction of sp³-hybridized carbons (Fsp3) is 0.625. The zero-order valence-electron chi connectivity index (χ0n) is 12.4. The molecule has 2 rings (SSSR count). The van der Waals surface area contributed by atoms with E-state index >= 15 is 0 Å². The SMILES string of the molecule is CCCNC1CCC(S(=O)(=O)Cc2ccccc2)C1C. The van der Waals surface area contributed by atoms with Crippen LogP contribution in [0.25, 0.3) is 0 Å². The fourth-order valence-corrected chi connectivity index (χ4v) is 5.38. The van der Waals surface area contributed by atoms with Gasteiger partial charge in [0.25, 0.3) is 0 Å². The molecule has 1 aliphatic rings. The summed E-state index contributed by atoms with van der Waals surface area (Å²) in [5.74, 6) is 0.374. The van der Waals surface area contributed by atoms with Gasteiger partial charge < -0.3 is 5.32 Å². The lowest BCUT2D eigenvalue weighted by molar-refractivity contribution is 0.425. The van der Waals surface area contributed by atoms with Crippen LogP contribution < -0.4 is 5.32 Å². The maximum atomic E-state index is 12.6. The van der Waals surface area contributed by atoms with Crippen molar-refractivity contribution >= 4 is 9.84 Å². The van der Waals surface area contributed by atoms with Crippen molar-refractivity contribution in [3.05, 3.63) is 35.9 Å². The van der Waals surface area contributed by atoms with E-state index < -0.39 is 9.84 Å². The van der Waals surface area contributed by atoms with E-state index in [1.165, 1.54) is 0 Å². The highest BCUT2D eigenvalue weighted by Crippen LogP contribution is 2.33. The van der Waals surface area contributed by atoms with Crippen LogP contribution in [0.15, 0.2) is 30.3 Å². The molecule has 1 saturated carbocycles. The van der Waals surface area contributed by atoms with Gasteiger partial charge in [-0.1, -0.05) is 44.2 Å². The Kier molecular flexibility index (Phi) is 5.22. The Hall–Kier alpha value is -0.870. The molecule has 1 aliphatic carbocycles. The predicted octanol–water partition coefficient (Wildman–Crippen LogP) is 2.77. The summed E-state index contributed by atoms with van der Waals surface area (Å²) >= 11 is 0. The first kappa shape index (κ1) is 15.5. The Labute approximate surface area is 122 Å². The van der Waals surface area contributed by atoms with Crippen LogP contribution in [-0.2, 0) is 15.6 Å². The van der Waals surface area contributed by atoms with Crippen molar-refractivity contribution in [3.63, 3.8) is 0 Å². The van der Waals surface area contributed by atoms with Crippen LogP contribution in [0.3, 0.4) is 0 Å². The highest BCUT2D eigenvalue weighted by atomic mass is 32.2. The Morgan fingerprint density at radius 3 is 2.55 bits per heavy atom. The van der Waals surface area contributed by atoms with E-state index in [9.17, 15) is 8.42 Å². The first-order chi connectivity index (χ1) is 9.54. The highest BCUT2D eigenvalue weighted by molar-refractivity contribution is 7.91. The molecule has 3 nitrogen and oxygen atoms in total. The van der Waals surface area contributed by atoms with Crippen LogP contribution in [0, 0.1) is 5.92 Å². The molecule has 1 N–H and O–H groups in total. The molecule has 0 aromatic heterocycles. The summed E-state index contributed by atoms with van der Waals surface area (Å²) in [6.45, 7) is 5.18. The second-order valence-electron chi connectivity index (χ2n) is 5.83. The van der Waals surface area contributed by atoms with E-state index in [2.05, 4.69) is 19.2 Å². The molecule has 0 amide bonds. The van der Waals surface area contributed by atoms with Crippen LogP contribution in [0.5, 0.6) is 0 Å². The number of benzene rings is 1. The molecule has 1 aromatic rings. The Morgan fingerprint density at radius 2 is 1.90 bits per heavy atom. The number of hydrogen-bond acceptors (Lipinski definition) is 3. The molecule has 20 heavy (non-hydrogen) atoms.